The van der Waals surface area contributed by atoms with E-state index in [1.54, 1.807) is 24.3 Å². The average molecular weight is 304 g/mol. The molecule has 1 heterocycles. The quantitative estimate of drug-likeness (QED) is 0.897. The van der Waals surface area contributed by atoms with E-state index in [4.69, 9.17) is 22.1 Å². The Bertz CT molecular complexity index is 526. The van der Waals surface area contributed by atoms with Gasteiger partial charge in [0.1, 0.15) is 0 Å². The standard InChI is InChI=1S/C13H18ClNO3S/c14-12-4-2-1-3-11(12)8-19(16,17)9-13(15)10-5-6-18-7-10/h1-4,10,13H,5-9,15H2. The van der Waals surface area contributed by atoms with Gasteiger partial charge in [0.05, 0.1) is 18.1 Å². The van der Waals surface area contributed by atoms with Crippen LogP contribution in [-0.2, 0) is 20.3 Å². The SMILES string of the molecule is NC(CS(=O)(=O)Cc1ccccc1Cl)C1CCOC1. The van der Waals surface area contributed by atoms with E-state index in [1.807, 2.05) is 0 Å². The van der Waals surface area contributed by atoms with E-state index in [0.717, 1.165) is 6.42 Å². The summed E-state index contributed by atoms with van der Waals surface area (Å²) in [5.41, 5.74) is 6.59. The maximum Gasteiger partial charge on any atom is 0.156 e. The lowest BCUT2D eigenvalue weighted by molar-refractivity contribution is 0.182. The molecule has 1 aliphatic heterocycles. The fourth-order valence-electron chi connectivity index (χ4n) is 2.23. The predicted octanol–water partition coefficient (Wildman–Crippen LogP) is 1.62. The molecule has 0 bridgehead atoms. The highest BCUT2D eigenvalue weighted by Gasteiger charge is 2.27. The molecule has 4 nitrogen and oxygen atoms in total. The van der Waals surface area contributed by atoms with E-state index in [1.165, 1.54) is 0 Å². The molecule has 1 aliphatic rings. The van der Waals surface area contributed by atoms with Gasteiger partial charge in [-0.2, -0.15) is 0 Å². The third-order valence-corrected chi connectivity index (χ3v) is 5.36. The smallest absolute Gasteiger partial charge is 0.156 e. The summed E-state index contributed by atoms with van der Waals surface area (Å²) in [7, 11) is -3.26. The van der Waals surface area contributed by atoms with Crippen molar-refractivity contribution in [3.8, 4) is 0 Å². The van der Waals surface area contributed by atoms with Crippen LogP contribution in [-0.4, -0.2) is 33.4 Å². The van der Waals surface area contributed by atoms with Crippen molar-refractivity contribution in [2.45, 2.75) is 18.2 Å². The van der Waals surface area contributed by atoms with E-state index in [0.29, 0.717) is 23.8 Å². The summed E-state index contributed by atoms with van der Waals surface area (Å²) in [5.74, 6) is 0.0567. The maximum atomic E-state index is 12.1. The highest BCUT2D eigenvalue weighted by Crippen LogP contribution is 2.21. The Hall–Kier alpha value is -0.620. The van der Waals surface area contributed by atoms with Gasteiger partial charge in [-0.3, -0.25) is 0 Å². The first-order valence-electron chi connectivity index (χ1n) is 6.25. The Morgan fingerprint density at radius 1 is 1.42 bits per heavy atom. The molecular formula is C13H18ClNO3S. The molecule has 1 aromatic carbocycles. The van der Waals surface area contributed by atoms with Gasteiger partial charge in [0.2, 0.25) is 0 Å². The highest BCUT2D eigenvalue weighted by molar-refractivity contribution is 7.90. The lowest BCUT2D eigenvalue weighted by Gasteiger charge is -2.17. The van der Waals surface area contributed by atoms with Crippen LogP contribution in [0.15, 0.2) is 24.3 Å². The highest BCUT2D eigenvalue weighted by atomic mass is 35.5. The fraction of sp³-hybridized carbons (Fsp3) is 0.538. The topological polar surface area (TPSA) is 69.4 Å². The molecular weight excluding hydrogens is 286 g/mol. The van der Waals surface area contributed by atoms with Crippen molar-refractivity contribution in [3.05, 3.63) is 34.9 Å². The molecule has 1 fully saturated rings. The molecule has 106 valence electrons. The van der Waals surface area contributed by atoms with Crippen molar-refractivity contribution >= 4 is 21.4 Å². The van der Waals surface area contributed by atoms with Gasteiger partial charge in [0.15, 0.2) is 9.84 Å². The van der Waals surface area contributed by atoms with E-state index >= 15 is 0 Å². The summed E-state index contributed by atoms with van der Waals surface area (Å²) < 4.78 is 29.5. The van der Waals surface area contributed by atoms with Gasteiger partial charge in [0, 0.05) is 23.6 Å². The molecule has 0 saturated carbocycles. The predicted molar refractivity (Wildman–Crippen MR) is 75.8 cm³/mol. The van der Waals surface area contributed by atoms with Crippen LogP contribution in [0.25, 0.3) is 0 Å². The molecule has 0 aliphatic carbocycles. The molecule has 0 spiro atoms. The lowest BCUT2D eigenvalue weighted by Crippen LogP contribution is -2.37. The zero-order chi connectivity index (χ0) is 13.9. The second-order valence-corrected chi connectivity index (χ2v) is 7.45. The third kappa shape index (κ3) is 4.18. The summed E-state index contributed by atoms with van der Waals surface area (Å²) in [6, 6.07) is 6.61. The van der Waals surface area contributed by atoms with Gasteiger partial charge in [-0.25, -0.2) is 8.42 Å². The van der Waals surface area contributed by atoms with Crippen LogP contribution in [0.4, 0.5) is 0 Å². The monoisotopic (exact) mass is 303 g/mol. The van der Waals surface area contributed by atoms with Gasteiger partial charge in [-0.05, 0) is 18.1 Å². The molecule has 2 atom stereocenters. The minimum atomic E-state index is -3.26. The van der Waals surface area contributed by atoms with Crippen LogP contribution >= 0.6 is 11.6 Å². The number of rotatable bonds is 5. The number of ether oxygens (including phenoxy) is 1. The van der Waals surface area contributed by atoms with Crippen LogP contribution in [0.1, 0.15) is 12.0 Å². The van der Waals surface area contributed by atoms with Gasteiger partial charge in [0.25, 0.3) is 0 Å². The molecule has 2 rings (SSSR count). The Morgan fingerprint density at radius 3 is 2.79 bits per heavy atom. The van der Waals surface area contributed by atoms with Crippen LogP contribution in [0.5, 0.6) is 0 Å². The fourth-order valence-corrected chi connectivity index (χ4v) is 4.21. The molecule has 0 aromatic heterocycles. The minimum Gasteiger partial charge on any atom is -0.381 e. The van der Waals surface area contributed by atoms with Crippen molar-refractivity contribution < 1.29 is 13.2 Å². The van der Waals surface area contributed by atoms with E-state index in [9.17, 15) is 8.42 Å². The number of nitrogens with two attached hydrogens (primary N) is 1. The summed E-state index contributed by atoms with van der Waals surface area (Å²) >= 11 is 5.98. The maximum absolute atomic E-state index is 12.1. The molecule has 2 unspecified atom stereocenters. The van der Waals surface area contributed by atoms with Crippen molar-refractivity contribution in [2.75, 3.05) is 19.0 Å². The first-order chi connectivity index (χ1) is 8.98. The molecule has 19 heavy (non-hydrogen) atoms. The summed E-state index contributed by atoms with van der Waals surface area (Å²) in [6.45, 7) is 1.23. The van der Waals surface area contributed by atoms with Crippen molar-refractivity contribution in [1.29, 1.82) is 0 Å². The summed E-state index contributed by atoms with van der Waals surface area (Å²) in [4.78, 5) is 0. The number of hydrogen-bond donors (Lipinski definition) is 1. The molecule has 6 heteroatoms. The zero-order valence-electron chi connectivity index (χ0n) is 10.6. The normalized spacial score (nSPS) is 21.5. The van der Waals surface area contributed by atoms with E-state index in [-0.39, 0.29) is 23.5 Å². The minimum absolute atomic E-state index is 0.0216. The van der Waals surface area contributed by atoms with Gasteiger partial charge in [-0.1, -0.05) is 29.8 Å². The second kappa shape index (κ2) is 6.22. The number of halogens is 1. The largest absolute Gasteiger partial charge is 0.381 e. The van der Waals surface area contributed by atoms with E-state index < -0.39 is 9.84 Å². The second-order valence-electron chi connectivity index (χ2n) is 4.93. The van der Waals surface area contributed by atoms with Gasteiger partial charge < -0.3 is 10.5 Å². The molecule has 2 N–H and O–H groups in total. The lowest BCUT2D eigenvalue weighted by atomic mass is 10.0. The van der Waals surface area contributed by atoms with Crippen LogP contribution in [0, 0.1) is 5.92 Å². The number of sulfone groups is 1. The average Bonchev–Trinajstić information content (AvgIpc) is 2.85. The van der Waals surface area contributed by atoms with Crippen LogP contribution < -0.4 is 5.73 Å². The summed E-state index contributed by atoms with van der Waals surface area (Å²) in [6.07, 6.45) is 0.836. The molecule has 0 amide bonds. The van der Waals surface area contributed by atoms with Crippen molar-refractivity contribution in [2.24, 2.45) is 11.7 Å². The van der Waals surface area contributed by atoms with Crippen LogP contribution in [0.2, 0.25) is 5.02 Å². The molecule has 0 radical (unpaired) electrons. The van der Waals surface area contributed by atoms with Gasteiger partial charge in [-0.15, -0.1) is 0 Å². The first-order valence-corrected chi connectivity index (χ1v) is 8.45. The van der Waals surface area contributed by atoms with E-state index in [2.05, 4.69) is 0 Å². The number of benzene rings is 1. The van der Waals surface area contributed by atoms with Crippen molar-refractivity contribution in [1.82, 2.24) is 0 Å². The Morgan fingerprint density at radius 2 is 2.16 bits per heavy atom. The third-order valence-electron chi connectivity index (χ3n) is 3.35. The first kappa shape index (κ1) is 14.8. The van der Waals surface area contributed by atoms with Crippen LogP contribution in [0.3, 0.4) is 0 Å². The zero-order valence-corrected chi connectivity index (χ0v) is 12.2. The Balaban J connectivity index is 2.00. The van der Waals surface area contributed by atoms with Gasteiger partial charge >= 0.3 is 0 Å². The Kier molecular flexibility index (Phi) is 4.84. The number of hydrogen-bond acceptors (Lipinski definition) is 4. The molecule has 1 saturated heterocycles. The Labute approximate surface area is 118 Å². The molecule has 1 aromatic rings. The van der Waals surface area contributed by atoms with Crippen molar-refractivity contribution in [3.63, 3.8) is 0 Å². The summed E-state index contributed by atoms with van der Waals surface area (Å²) in [5, 5.41) is 0.476.